The fourth-order valence-electron chi connectivity index (χ4n) is 2.23. The Morgan fingerprint density at radius 3 is 2.53 bits per heavy atom. The smallest absolute Gasteiger partial charge is 0.244 e. The van der Waals surface area contributed by atoms with Gasteiger partial charge in [-0.15, -0.1) is 0 Å². The molecule has 1 saturated carbocycles. The van der Waals surface area contributed by atoms with Crippen LogP contribution >= 0.6 is 39.1 Å². The molecule has 1 amide bonds. The maximum Gasteiger partial charge on any atom is 0.244 e. The zero-order valence-corrected chi connectivity index (χ0v) is 13.1. The summed E-state index contributed by atoms with van der Waals surface area (Å²) >= 11 is 15.3. The van der Waals surface area contributed by atoms with Crippen LogP contribution in [-0.2, 0) is 4.79 Å². The number of halogens is 3. The third kappa shape index (κ3) is 2.74. The second-order valence-electron chi connectivity index (χ2n) is 4.58. The number of nitrogens with zero attached hydrogens (tertiary/aromatic N) is 1. The molecule has 100 valence electrons. The van der Waals surface area contributed by atoms with Gasteiger partial charge in [-0.1, -0.05) is 36.0 Å². The first-order valence-electron chi connectivity index (χ1n) is 5.86. The summed E-state index contributed by atoms with van der Waals surface area (Å²) in [6.45, 7) is 0. The quantitative estimate of drug-likeness (QED) is 0.770. The first-order chi connectivity index (χ1) is 9.00. The van der Waals surface area contributed by atoms with E-state index in [-0.39, 0.29) is 10.9 Å². The molecule has 1 aromatic rings. The summed E-state index contributed by atoms with van der Waals surface area (Å²) in [5.74, 6) is -0.298. The molecule has 6 heteroatoms. The van der Waals surface area contributed by atoms with Gasteiger partial charge in [-0.25, -0.2) is 0 Å². The molecule has 1 N–H and O–H groups in total. The summed E-state index contributed by atoms with van der Waals surface area (Å²) in [6, 6.07) is 5.51. The highest BCUT2D eigenvalue weighted by atomic mass is 79.9. The van der Waals surface area contributed by atoms with E-state index >= 15 is 0 Å². The number of amides is 1. The number of nitriles is 1. The largest absolute Gasteiger partial charge is 0.323 e. The number of anilines is 1. The molecule has 0 saturated heterocycles. The third-order valence-electron chi connectivity index (χ3n) is 3.39. The van der Waals surface area contributed by atoms with Crippen molar-refractivity contribution in [2.24, 2.45) is 5.41 Å². The molecule has 0 atom stereocenters. The lowest BCUT2D eigenvalue weighted by Crippen LogP contribution is -2.32. The van der Waals surface area contributed by atoms with E-state index < -0.39 is 5.41 Å². The van der Waals surface area contributed by atoms with Crippen LogP contribution in [0.4, 0.5) is 5.69 Å². The fourth-order valence-corrected chi connectivity index (χ4v) is 3.05. The Hall–Kier alpha value is -0.760. The molecule has 0 radical (unpaired) electrons. The van der Waals surface area contributed by atoms with Gasteiger partial charge in [-0.2, -0.15) is 5.26 Å². The number of benzene rings is 1. The minimum Gasteiger partial charge on any atom is -0.323 e. The Morgan fingerprint density at radius 1 is 1.32 bits per heavy atom. The third-order valence-corrected chi connectivity index (χ3v) is 5.16. The van der Waals surface area contributed by atoms with Crippen molar-refractivity contribution in [3.63, 3.8) is 0 Å². The van der Waals surface area contributed by atoms with Crippen molar-refractivity contribution in [2.45, 2.75) is 25.7 Å². The molecule has 1 aliphatic rings. The summed E-state index contributed by atoms with van der Waals surface area (Å²) in [5.41, 5.74) is -0.496. The Labute approximate surface area is 130 Å². The normalized spacial score (nSPS) is 16.9. The molecule has 1 aliphatic carbocycles. The monoisotopic (exact) mass is 360 g/mol. The van der Waals surface area contributed by atoms with Crippen LogP contribution in [0.25, 0.3) is 0 Å². The molecule has 0 aliphatic heterocycles. The lowest BCUT2D eigenvalue weighted by atomic mass is 9.87. The van der Waals surface area contributed by atoms with Crippen LogP contribution in [0.15, 0.2) is 16.6 Å². The average molecular weight is 362 g/mol. The Morgan fingerprint density at radius 2 is 1.95 bits per heavy atom. The van der Waals surface area contributed by atoms with Gasteiger partial charge in [0, 0.05) is 4.47 Å². The van der Waals surface area contributed by atoms with Gasteiger partial charge in [0.05, 0.1) is 21.8 Å². The maximum atomic E-state index is 12.3. The molecule has 3 nitrogen and oxygen atoms in total. The molecular formula is C13H11BrCl2N2O. The molecule has 0 spiro atoms. The van der Waals surface area contributed by atoms with Crippen LogP contribution in [0.5, 0.6) is 0 Å². The highest BCUT2D eigenvalue weighted by Crippen LogP contribution is 2.40. The van der Waals surface area contributed by atoms with Crippen molar-refractivity contribution in [2.75, 3.05) is 5.32 Å². The van der Waals surface area contributed by atoms with E-state index in [9.17, 15) is 10.1 Å². The van der Waals surface area contributed by atoms with E-state index in [4.69, 9.17) is 23.2 Å². The number of rotatable bonds is 2. The number of hydrogen-bond donors (Lipinski definition) is 1. The molecule has 0 unspecified atom stereocenters. The minimum absolute atomic E-state index is 0.274. The van der Waals surface area contributed by atoms with Crippen molar-refractivity contribution in [1.82, 2.24) is 0 Å². The summed E-state index contributed by atoms with van der Waals surface area (Å²) in [6.07, 6.45) is 2.99. The van der Waals surface area contributed by atoms with Gasteiger partial charge >= 0.3 is 0 Å². The molecule has 0 aromatic heterocycles. The highest BCUT2D eigenvalue weighted by Gasteiger charge is 2.41. The zero-order chi connectivity index (χ0) is 14.0. The van der Waals surface area contributed by atoms with Crippen molar-refractivity contribution < 1.29 is 4.79 Å². The fraction of sp³-hybridized carbons (Fsp3) is 0.385. The van der Waals surface area contributed by atoms with Gasteiger partial charge in [0.25, 0.3) is 0 Å². The van der Waals surface area contributed by atoms with Gasteiger partial charge in [0.2, 0.25) is 5.91 Å². The van der Waals surface area contributed by atoms with Crippen molar-refractivity contribution >= 4 is 50.7 Å². The van der Waals surface area contributed by atoms with Crippen LogP contribution < -0.4 is 5.32 Å². The van der Waals surface area contributed by atoms with Crippen molar-refractivity contribution in [3.05, 3.63) is 26.7 Å². The molecule has 0 bridgehead atoms. The Bertz CT molecular complexity index is 562. The van der Waals surface area contributed by atoms with Gasteiger partial charge in [0.1, 0.15) is 5.41 Å². The van der Waals surface area contributed by atoms with Gasteiger partial charge < -0.3 is 5.32 Å². The standard InChI is InChI=1S/C13H11BrCl2N2O/c14-8-3-4-9(11(16)10(8)15)18-12(19)13(7-17)5-1-2-6-13/h3-4H,1-2,5-6H2,(H,18,19). The summed E-state index contributed by atoms with van der Waals surface area (Å²) in [5, 5.41) is 12.6. The van der Waals surface area contributed by atoms with E-state index in [1.165, 1.54) is 0 Å². The zero-order valence-electron chi connectivity index (χ0n) is 9.97. The topological polar surface area (TPSA) is 52.9 Å². The summed E-state index contributed by atoms with van der Waals surface area (Å²) in [4.78, 5) is 12.3. The molecule has 0 heterocycles. The second kappa shape index (κ2) is 5.70. The lowest BCUT2D eigenvalue weighted by Gasteiger charge is -2.20. The molecule has 2 rings (SSSR count). The lowest BCUT2D eigenvalue weighted by molar-refractivity contribution is -0.122. The SMILES string of the molecule is N#CC1(C(=O)Nc2ccc(Br)c(Cl)c2Cl)CCCC1. The predicted octanol–water partition coefficient (Wildman–Crippen LogP) is 4.78. The van der Waals surface area contributed by atoms with Crippen LogP contribution in [0.1, 0.15) is 25.7 Å². The number of nitrogens with one attached hydrogen (secondary N) is 1. The second-order valence-corrected chi connectivity index (χ2v) is 6.19. The van der Waals surface area contributed by atoms with Gasteiger partial charge in [-0.05, 0) is 40.9 Å². The highest BCUT2D eigenvalue weighted by molar-refractivity contribution is 9.10. The van der Waals surface area contributed by atoms with Crippen LogP contribution in [0.3, 0.4) is 0 Å². The first-order valence-corrected chi connectivity index (χ1v) is 7.41. The van der Waals surface area contributed by atoms with Gasteiger partial charge in [-0.3, -0.25) is 4.79 Å². The number of hydrogen-bond acceptors (Lipinski definition) is 2. The molecule has 19 heavy (non-hydrogen) atoms. The minimum atomic E-state index is -0.928. The van der Waals surface area contributed by atoms with E-state index in [1.807, 2.05) is 0 Å². The van der Waals surface area contributed by atoms with E-state index in [0.29, 0.717) is 28.0 Å². The van der Waals surface area contributed by atoms with Crippen LogP contribution in [-0.4, -0.2) is 5.91 Å². The van der Waals surface area contributed by atoms with Crippen LogP contribution in [0, 0.1) is 16.7 Å². The number of carbonyl (C=O) groups is 1. The summed E-state index contributed by atoms with van der Waals surface area (Å²) < 4.78 is 0.660. The maximum absolute atomic E-state index is 12.3. The molecule has 1 fully saturated rings. The van der Waals surface area contributed by atoms with E-state index in [0.717, 1.165) is 12.8 Å². The first kappa shape index (κ1) is 14.6. The van der Waals surface area contributed by atoms with Crippen molar-refractivity contribution in [3.8, 4) is 6.07 Å². The van der Waals surface area contributed by atoms with E-state index in [2.05, 4.69) is 27.3 Å². The Balaban J connectivity index is 2.25. The van der Waals surface area contributed by atoms with Gasteiger partial charge in [0.15, 0.2) is 0 Å². The Kier molecular flexibility index (Phi) is 4.39. The summed E-state index contributed by atoms with van der Waals surface area (Å²) in [7, 11) is 0. The van der Waals surface area contributed by atoms with Crippen molar-refractivity contribution in [1.29, 1.82) is 5.26 Å². The average Bonchev–Trinajstić information content (AvgIpc) is 2.89. The van der Waals surface area contributed by atoms with E-state index in [1.54, 1.807) is 12.1 Å². The predicted molar refractivity (Wildman–Crippen MR) is 79.3 cm³/mol. The molecular weight excluding hydrogens is 351 g/mol. The van der Waals surface area contributed by atoms with Crippen LogP contribution in [0.2, 0.25) is 10.0 Å². The molecule has 1 aromatic carbocycles. The number of carbonyl (C=O) groups excluding carboxylic acids is 1.